The molecule has 4 nitrogen and oxygen atoms in total. The van der Waals surface area contributed by atoms with Crippen molar-refractivity contribution in [3.8, 4) is 0 Å². The quantitative estimate of drug-likeness (QED) is 0.701. The molecule has 1 aromatic heterocycles. The molecule has 0 saturated carbocycles. The minimum atomic E-state index is 0.323. The number of aryl methyl sites for hydroxylation is 1. The average Bonchev–Trinajstić information content (AvgIpc) is 2.77. The number of hydrogen-bond acceptors (Lipinski definition) is 3. The molecule has 0 saturated heterocycles. The number of hydrogen-bond donors (Lipinski definition) is 1. The van der Waals surface area contributed by atoms with E-state index in [-0.39, 0.29) is 0 Å². The van der Waals surface area contributed by atoms with E-state index in [4.69, 9.17) is 4.74 Å². The third kappa shape index (κ3) is 5.19. The highest BCUT2D eigenvalue weighted by atomic mass is 79.9. The van der Waals surface area contributed by atoms with Crippen molar-refractivity contribution in [2.24, 2.45) is 5.92 Å². The first-order valence-corrected chi connectivity index (χ1v) is 8.36. The molecule has 1 aromatic rings. The van der Waals surface area contributed by atoms with Crippen molar-refractivity contribution in [1.82, 2.24) is 15.1 Å². The molecule has 116 valence electrons. The molecule has 5 heteroatoms. The van der Waals surface area contributed by atoms with Crippen LogP contribution in [0.3, 0.4) is 0 Å². The summed E-state index contributed by atoms with van der Waals surface area (Å²) in [5, 5.41) is 8.14. The summed E-state index contributed by atoms with van der Waals surface area (Å²) in [5.74, 6) is 0.520. The van der Waals surface area contributed by atoms with Gasteiger partial charge in [0.15, 0.2) is 0 Å². The second kappa shape index (κ2) is 9.53. The van der Waals surface area contributed by atoms with E-state index in [0.29, 0.717) is 12.0 Å². The minimum absolute atomic E-state index is 0.323. The average molecular weight is 346 g/mol. The standard InChI is InChI=1S/C15H28BrN3O/c1-5-7-17-14(9-12(3)11-20-4)15-13(16)10-18-19(15)8-6-2/h10,12,14,17H,5-9,11H2,1-4H3. The van der Waals surface area contributed by atoms with Crippen molar-refractivity contribution >= 4 is 15.9 Å². The van der Waals surface area contributed by atoms with E-state index in [9.17, 15) is 0 Å². The predicted octanol–water partition coefficient (Wildman–Crippen LogP) is 3.77. The van der Waals surface area contributed by atoms with Crippen LogP contribution >= 0.6 is 15.9 Å². The van der Waals surface area contributed by atoms with Crippen LogP contribution in [0.15, 0.2) is 10.7 Å². The van der Waals surface area contributed by atoms with Gasteiger partial charge in [-0.2, -0.15) is 5.10 Å². The SMILES string of the molecule is CCCNC(CC(C)COC)c1c(Br)cnn1CCC. The highest BCUT2D eigenvalue weighted by Gasteiger charge is 2.21. The lowest BCUT2D eigenvalue weighted by atomic mass is 9.99. The van der Waals surface area contributed by atoms with Gasteiger partial charge < -0.3 is 10.1 Å². The number of aromatic nitrogens is 2. The summed E-state index contributed by atoms with van der Waals surface area (Å²) in [7, 11) is 1.77. The zero-order valence-corrected chi connectivity index (χ0v) is 14.7. The highest BCUT2D eigenvalue weighted by molar-refractivity contribution is 9.10. The third-order valence-corrected chi connectivity index (χ3v) is 3.94. The van der Waals surface area contributed by atoms with Gasteiger partial charge in [0.25, 0.3) is 0 Å². The van der Waals surface area contributed by atoms with Crippen LogP contribution in [0.5, 0.6) is 0 Å². The third-order valence-electron chi connectivity index (χ3n) is 3.33. The molecule has 0 aliphatic carbocycles. The zero-order chi connectivity index (χ0) is 15.0. The van der Waals surface area contributed by atoms with E-state index < -0.39 is 0 Å². The lowest BCUT2D eigenvalue weighted by Crippen LogP contribution is -2.27. The maximum Gasteiger partial charge on any atom is 0.0695 e. The maximum absolute atomic E-state index is 5.27. The molecular formula is C15H28BrN3O. The Labute approximate surface area is 131 Å². The van der Waals surface area contributed by atoms with Gasteiger partial charge in [-0.25, -0.2) is 0 Å². The van der Waals surface area contributed by atoms with Gasteiger partial charge in [0.2, 0.25) is 0 Å². The van der Waals surface area contributed by atoms with Crippen LogP contribution in [0, 0.1) is 5.92 Å². The van der Waals surface area contributed by atoms with E-state index in [0.717, 1.165) is 43.4 Å². The second-order valence-electron chi connectivity index (χ2n) is 5.40. The van der Waals surface area contributed by atoms with Crippen molar-refractivity contribution in [3.05, 3.63) is 16.4 Å². The smallest absolute Gasteiger partial charge is 0.0695 e. The molecule has 0 aliphatic heterocycles. The monoisotopic (exact) mass is 345 g/mol. The predicted molar refractivity (Wildman–Crippen MR) is 86.9 cm³/mol. The maximum atomic E-state index is 5.27. The van der Waals surface area contributed by atoms with E-state index in [1.165, 1.54) is 5.69 Å². The molecule has 0 fully saturated rings. The first-order chi connectivity index (χ1) is 9.63. The number of halogens is 1. The van der Waals surface area contributed by atoms with Gasteiger partial charge >= 0.3 is 0 Å². The normalized spacial score (nSPS) is 14.4. The molecular weight excluding hydrogens is 318 g/mol. The first-order valence-electron chi connectivity index (χ1n) is 7.57. The van der Waals surface area contributed by atoms with Crippen LogP contribution in [0.1, 0.15) is 51.8 Å². The van der Waals surface area contributed by atoms with Crippen LogP contribution in [-0.4, -0.2) is 30.0 Å². The van der Waals surface area contributed by atoms with Gasteiger partial charge in [0.05, 0.1) is 22.4 Å². The van der Waals surface area contributed by atoms with Crippen LogP contribution in [0.4, 0.5) is 0 Å². The molecule has 0 radical (unpaired) electrons. The summed E-state index contributed by atoms with van der Waals surface area (Å²) in [6, 6.07) is 0.323. The van der Waals surface area contributed by atoms with Crippen LogP contribution in [0.25, 0.3) is 0 Å². The Kier molecular flexibility index (Phi) is 8.41. The molecule has 0 amide bonds. The number of ether oxygens (including phenoxy) is 1. The molecule has 1 rings (SSSR count). The number of rotatable bonds is 10. The van der Waals surface area contributed by atoms with Crippen molar-refractivity contribution in [3.63, 3.8) is 0 Å². The van der Waals surface area contributed by atoms with E-state index in [2.05, 4.69) is 51.8 Å². The van der Waals surface area contributed by atoms with E-state index in [1.54, 1.807) is 7.11 Å². The van der Waals surface area contributed by atoms with E-state index in [1.807, 2.05) is 6.20 Å². The number of nitrogens with one attached hydrogen (secondary N) is 1. The summed E-state index contributed by atoms with van der Waals surface area (Å²) in [4.78, 5) is 0. The Morgan fingerprint density at radius 3 is 2.75 bits per heavy atom. The number of nitrogens with zero attached hydrogens (tertiary/aromatic N) is 2. The first kappa shape index (κ1) is 17.7. The van der Waals surface area contributed by atoms with Gasteiger partial charge in [-0.15, -0.1) is 0 Å². The lowest BCUT2D eigenvalue weighted by molar-refractivity contribution is 0.148. The Bertz CT molecular complexity index is 381. The fourth-order valence-corrected chi connectivity index (χ4v) is 3.05. The summed E-state index contributed by atoms with van der Waals surface area (Å²) in [6.07, 6.45) is 5.19. The topological polar surface area (TPSA) is 39.1 Å². The van der Waals surface area contributed by atoms with Crippen LogP contribution in [-0.2, 0) is 11.3 Å². The Morgan fingerprint density at radius 2 is 2.15 bits per heavy atom. The lowest BCUT2D eigenvalue weighted by Gasteiger charge is -2.23. The highest BCUT2D eigenvalue weighted by Crippen LogP contribution is 2.28. The molecule has 0 aromatic carbocycles. The summed E-state index contributed by atoms with van der Waals surface area (Å²) >= 11 is 3.65. The van der Waals surface area contributed by atoms with Gasteiger partial charge in [-0.05, 0) is 47.7 Å². The molecule has 1 N–H and O–H groups in total. The van der Waals surface area contributed by atoms with Crippen molar-refractivity contribution in [2.45, 2.75) is 52.6 Å². The Hall–Kier alpha value is -0.390. The molecule has 0 bridgehead atoms. The van der Waals surface area contributed by atoms with Crippen LogP contribution < -0.4 is 5.32 Å². The summed E-state index contributed by atoms with van der Waals surface area (Å²) in [6.45, 7) is 9.39. The van der Waals surface area contributed by atoms with Crippen molar-refractivity contribution in [2.75, 3.05) is 20.3 Å². The molecule has 0 aliphatic rings. The second-order valence-corrected chi connectivity index (χ2v) is 6.26. The zero-order valence-electron chi connectivity index (χ0n) is 13.2. The number of methoxy groups -OCH3 is 1. The van der Waals surface area contributed by atoms with E-state index >= 15 is 0 Å². The Balaban J connectivity index is 2.88. The van der Waals surface area contributed by atoms with Gasteiger partial charge in [-0.1, -0.05) is 20.8 Å². The van der Waals surface area contributed by atoms with Crippen LogP contribution in [0.2, 0.25) is 0 Å². The Morgan fingerprint density at radius 1 is 1.40 bits per heavy atom. The molecule has 1 heterocycles. The van der Waals surface area contributed by atoms with Gasteiger partial charge in [0, 0.05) is 20.3 Å². The van der Waals surface area contributed by atoms with Gasteiger partial charge in [-0.3, -0.25) is 4.68 Å². The summed E-state index contributed by atoms with van der Waals surface area (Å²) < 4.78 is 8.50. The fraction of sp³-hybridized carbons (Fsp3) is 0.800. The molecule has 2 atom stereocenters. The molecule has 0 spiro atoms. The van der Waals surface area contributed by atoms with Crippen molar-refractivity contribution in [1.29, 1.82) is 0 Å². The molecule has 2 unspecified atom stereocenters. The fourth-order valence-electron chi connectivity index (χ4n) is 2.47. The molecule has 20 heavy (non-hydrogen) atoms. The minimum Gasteiger partial charge on any atom is -0.384 e. The van der Waals surface area contributed by atoms with Gasteiger partial charge in [0.1, 0.15) is 0 Å². The van der Waals surface area contributed by atoms with Crippen molar-refractivity contribution < 1.29 is 4.74 Å². The largest absolute Gasteiger partial charge is 0.384 e. The summed E-state index contributed by atoms with van der Waals surface area (Å²) in [5.41, 5.74) is 1.27.